The molecular formula is C14H20Cl2N2O. The van der Waals surface area contributed by atoms with Crippen molar-refractivity contribution < 1.29 is 4.74 Å². The van der Waals surface area contributed by atoms with Crippen molar-refractivity contribution in [3.8, 4) is 5.75 Å². The van der Waals surface area contributed by atoms with E-state index in [1.54, 1.807) is 18.2 Å². The zero-order chi connectivity index (χ0) is 14.5. The minimum atomic E-state index is -0.233. The normalized spacial score (nSPS) is 11.4. The van der Waals surface area contributed by atoms with Gasteiger partial charge in [-0.05, 0) is 31.4 Å². The number of nitrogens with two attached hydrogens (primary N) is 1. The van der Waals surface area contributed by atoms with Gasteiger partial charge in [-0.25, -0.2) is 0 Å². The summed E-state index contributed by atoms with van der Waals surface area (Å²) in [6, 6.07) is 5.23. The molecule has 3 N–H and O–H groups in total. The summed E-state index contributed by atoms with van der Waals surface area (Å²) in [5, 5.41) is 8.50. The Morgan fingerprint density at radius 2 is 1.95 bits per heavy atom. The van der Waals surface area contributed by atoms with Crippen molar-refractivity contribution in [3.05, 3.63) is 28.2 Å². The van der Waals surface area contributed by atoms with Gasteiger partial charge in [0, 0.05) is 11.5 Å². The molecule has 0 unspecified atom stereocenters. The van der Waals surface area contributed by atoms with Crippen LogP contribution >= 0.6 is 23.2 Å². The molecule has 0 radical (unpaired) electrons. The van der Waals surface area contributed by atoms with E-state index in [0.717, 1.165) is 25.0 Å². The standard InChI is InChI=1S/C14H20Cl2N2O/c1-14(2,13(17)18)7-3-4-8-19-10-5-6-11(15)12(16)9-10/h5-6,9H,3-4,7-8H2,1-2H3,(H3,17,18). The lowest BCUT2D eigenvalue weighted by molar-refractivity contribution is 0.296. The molecule has 0 saturated carbocycles. The Kier molecular flexibility index (Phi) is 5.95. The summed E-state index contributed by atoms with van der Waals surface area (Å²) in [6.45, 7) is 4.58. The Hall–Kier alpha value is -0.930. The highest BCUT2D eigenvalue weighted by Crippen LogP contribution is 2.27. The minimum absolute atomic E-state index is 0.233. The van der Waals surface area contributed by atoms with Gasteiger partial charge in [-0.1, -0.05) is 37.0 Å². The van der Waals surface area contributed by atoms with Crippen LogP contribution in [0, 0.1) is 10.8 Å². The highest BCUT2D eigenvalue weighted by Gasteiger charge is 2.20. The first kappa shape index (κ1) is 16.1. The van der Waals surface area contributed by atoms with Crippen molar-refractivity contribution in [2.75, 3.05) is 6.61 Å². The number of unbranched alkanes of at least 4 members (excludes halogenated alkanes) is 1. The fraction of sp³-hybridized carbons (Fsp3) is 0.500. The summed E-state index contributed by atoms with van der Waals surface area (Å²) in [7, 11) is 0. The zero-order valence-corrected chi connectivity index (χ0v) is 12.8. The predicted molar refractivity (Wildman–Crippen MR) is 81.5 cm³/mol. The van der Waals surface area contributed by atoms with E-state index in [2.05, 4.69) is 0 Å². The van der Waals surface area contributed by atoms with Crippen molar-refractivity contribution in [1.29, 1.82) is 5.41 Å². The van der Waals surface area contributed by atoms with E-state index >= 15 is 0 Å². The molecule has 0 aliphatic carbocycles. The first-order chi connectivity index (χ1) is 8.83. The van der Waals surface area contributed by atoms with Crippen molar-refractivity contribution in [1.82, 2.24) is 0 Å². The summed E-state index contributed by atoms with van der Waals surface area (Å²) in [5.74, 6) is 0.957. The molecular weight excluding hydrogens is 283 g/mol. The molecule has 0 atom stereocenters. The number of hydrogen-bond acceptors (Lipinski definition) is 2. The Balaban J connectivity index is 2.28. The SMILES string of the molecule is CC(C)(CCCCOc1ccc(Cl)c(Cl)c1)C(=N)N. The molecule has 0 saturated heterocycles. The van der Waals surface area contributed by atoms with E-state index in [1.807, 2.05) is 13.8 Å². The highest BCUT2D eigenvalue weighted by molar-refractivity contribution is 6.42. The Bertz CT molecular complexity index is 447. The fourth-order valence-electron chi connectivity index (χ4n) is 1.56. The lowest BCUT2D eigenvalue weighted by Gasteiger charge is -2.22. The molecule has 0 bridgehead atoms. The van der Waals surface area contributed by atoms with Crippen LogP contribution in [-0.4, -0.2) is 12.4 Å². The molecule has 0 aliphatic rings. The molecule has 0 heterocycles. The molecule has 0 aliphatic heterocycles. The number of halogens is 2. The first-order valence-corrected chi connectivity index (χ1v) is 7.01. The average Bonchev–Trinajstić information content (AvgIpc) is 2.33. The number of hydrogen-bond donors (Lipinski definition) is 2. The van der Waals surface area contributed by atoms with Gasteiger partial charge in [-0.3, -0.25) is 5.41 Å². The van der Waals surface area contributed by atoms with Crippen LogP contribution < -0.4 is 10.5 Å². The molecule has 0 fully saturated rings. The molecule has 1 rings (SSSR count). The Labute approximate surface area is 124 Å². The van der Waals surface area contributed by atoms with Crippen molar-refractivity contribution >= 4 is 29.0 Å². The van der Waals surface area contributed by atoms with Gasteiger partial charge in [-0.15, -0.1) is 0 Å². The second kappa shape index (κ2) is 7.01. The molecule has 1 aromatic rings. The van der Waals surface area contributed by atoms with Crippen LogP contribution in [0.2, 0.25) is 10.0 Å². The number of ether oxygens (including phenoxy) is 1. The Morgan fingerprint density at radius 1 is 1.26 bits per heavy atom. The molecule has 3 nitrogen and oxygen atoms in total. The molecule has 1 aromatic carbocycles. The van der Waals surface area contributed by atoms with Crippen LogP contribution in [0.3, 0.4) is 0 Å². The summed E-state index contributed by atoms with van der Waals surface area (Å²) >= 11 is 11.7. The maximum absolute atomic E-state index is 7.48. The van der Waals surface area contributed by atoms with Crippen LogP contribution in [0.1, 0.15) is 33.1 Å². The van der Waals surface area contributed by atoms with Gasteiger partial charge < -0.3 is 10.5 Å². The third-order valence-electron chi connectivity index (χ3n) is 3.09. The number of nitrogens with one attached hydrogen (secondary N) is 1. The zero-order valence-electron chi connectivity index (χ0n) is 11.3. The molecule has 0 amide bonds. The third kappa shape index (κ3) is 5.29. The van der Waals surface area contributed by atoms with Gasteiger partial charge in [0.1, 0.15) is 5.75 Å². The molecule has 19 heavy (non-hydrogen) atoms. The van der Waals surface area contributed by atoms with E-state index in [0.29, 0.717) is 16.7 Å². The molecule has 5 heteroatoms. The Morgan fingerprint density at radius 3 is 2.53 bits per heavy atom. The van der Waals surface area contributed by atoms with Crippen LogP contribution in [0.5, 0.6) is 5.75 Å². The third-order valence-corrected chi connectivity index (χ3v) is 3.82. The molecule has 0 aromatic heterocycles. The quantitative estimate of drug-likeness (QED) is 0.442. The monoisotopic (exact) mass is 302 g/mol. The maximum Gasteiger partial charge on any atom is 0.120 e. The number of amidine groups is 1. The van der Waals surface area contributed by atoms with Gasteiger partial charge >= 0.3 is 0 Å². The largest absolute Gasteiger partial charge is 0.494 e. The van der Waals surface area contributed by atoms with Crippen molar-refractivity contribution in [2.24, 2.45) is 11.1 Å². The van der Waals surface area contributed by atoms with E-state index < -0.39 is 0 Å². The first-order valence-electron chi connectivity index (χ1n) is 6.25. The number of rotatable bonds is 7. The minimum Gasteiger partial charge on any atom is -0.494 e. The van der Waals surface area contributed by atoms with Crippen LogP contribution in [0.4, 0.5) is 0 Å². The number of benzene rings is 1. The summed E-state index contributed by atoms with van der Waals surface area (Å²) in [6.07, 6.45) is 2.76. The van der Waals surface area contributed by atoms with E-state index in [1.165, 1.54) is 0 Å². The van der Waals surface area contributed by atoms with Gasteiger partial charge in [0.15, 0.2) is 0 Å². The lowest BCUT2D eigenvalue weighted by atomic mass is 9.86. The van der Waals surface area contributed by atoms with E-state index in [4.69, 9.17) is 39.1 Å². The highest BCUT2D eigenvalue weighted by atomic mass is 35.5. The van der Waals surface area contributed by atoms with E-state index in [-0.39, 0.29) is 11.3 Å². The van der Waals surface area contributed by atoms with Crippen LogP contribution in [0.15, 0.2) is 18.2 Å². The van der Waals surface area contributed by atoms with Gasteiger partial charge in [0.25, 0.3) is 0 Å². The predicted octanol–water partition coefficient (Wildman–Crippen LogP) is 4.50. The summed E-state index contributed by atoms with van der Waals surface area (Å²) in [4.78, 5) is 0. The van der Waals surface area contributed by atoms with E-state index in [9.17, 15) is 0 Å². The van der Waals surface area contributed by atoms with Crippen LogP contribution in [-0.2, 0) is 0 Å². The average molecular weight is 303 g/mol. The van der Waals surface area contributed by atoms with Crippen molar-refractivity contribution in [2.45, 2.75) is 33.1 Å². The second-order valence-electron chi connectivity index (χ2n) is 5.18. The van der Waals surface area contributed by atoms with Crippen LogP contribution in [0.25, 0.3) is 0 Å². The van der Waals surface area contributed by atoms with Crippen molar-refractivity contribution in [3.63, 3.8) is 0 Å². The second-order valence-corrected chi connectivity index (χ2v) is 5.99. The van der Waals surface area contributed by atoms with Gasteiger partial charge in [0.05, 0.1) is 22.5 Å². The maximum atomic E-state index is 7.48. The lowest BCUT2D eigenvalue weighted by Crippen LogP contribution is -2.30. The fourth-order valence-corrected chi connectivity index (χ4v) is 1.85. The molecule has 0 spiro atoms. The summed E-state index contributed by atoms with van der Waals surface area (Å²) in [5.41, 5.74) is 5.30. The molecule has 106 valence electrons. The topological polar surface area (TPSA) is 59.1 Å². The smallest absolute Gasteiger partial charge is 0.120 e. The van der Waals surface area contributed by atoms with Gasteiger partial charge in [-0.2, -0.15) is 0 Å². The summed E-state index contributed by atoms with van der Waals surface area (Å²) < 4.78 is 5.59. The van der Waals surface area contributed by atoms with Gasteiger partial charge in [0.2, 0.25) is 0 Å².